The van der Waals surface area contributed by atoms with E-state index in [2.05, 4.69) is 0 Å². The van der Waals surface area contributed by atoms with Gasteiger partial charge in [-0.1, -0.05) is 12.1 Å². The molecule has 0 spiro atoms. The summed E-state index contributed by atoms with van der Waals surface area (Å²) in [4.78, 5) is 11.2. The van der Waals surface area contributed by atoms with Gasteiger partial charge in [0.05, 0.1) is 12.2 Å². The van der Waals surface area contributed by atoms with Gasteiger partial charge in [0.2, 0.25) is 0 Å². The highest BCUT2D eigenvalue weighted by molar-refractivity contribution is 5.69. The minimum atomic E-state index is -1.15. The first kappa shape index (κ1) is 13.5. The maximum atomic E-state index is 11.2. The molecule has 4 nitrogen and oxygen atoms in total. The number of phenols is 1. The molecule has 1 atom stereocenters. The van der Waals surface area contributed by atoms with Gasteiger partial charge in [-0.25, -0.2) is 0 Å². The molecule has 0 aliphatic rings. The van der Waals surface area contributed by atoms with Crippen LogP contribution in [0, 0.1) is 0 Å². The number of hydrogen-bond donors (Lipinski definition) is 2. The molecule has 0 bridgehead atoms. The second-order valence-corrected chi connectivity index (χ2v) is 4.13. The summed E-state index contributed by atoms with van der Waals surface area (Å²) in [6.45, 7) is 3.69. The Hall–Kier alpha value is -1.55. The summed E-state index contributed by atoms with van der Waals surface area (Å²) >= 11 is 0. The molecule has 1 aromatic carbocycles. The molecule has 0 radical (unpaired) electrons. The number of hydrogen-bond acceptors (Lipinski definition) is 4. The average molecular weight is 238 g/mol. The average Bonchev–Trinajstić information content (AvgIpc) is 2.27. The number of aromatic hydroxyl groups is 1. The van der Waals surface area contributed by atoms with Gasteiger partial charge in [0.1, 0.15) is 5.75 Å². The van der Waals surface area contributed by atoms with Gasteiger partial charge in [0.15, 0.2) is 0 Å². The number of rotatable bonds is 5. The summed E-state index contributed by atoms with van der Waals surface area (Å²) in [5, 5.41) is 19.5. The Morgan fingerprint density at radius 2 is 2.18 bits per heavy atom. The van der Waals surface area contributed by atoms with E-state index in [0.717, 1.165) is 0 Å². The van der Waals surface area contributed by atoms with Gasteiger partial charge in [0, 0.05) is 6.42 Å². The third kappa shape index (κ3) is 4.07. The molecule has 0 fully saturated rings. The molecule has 1 aromatic rings. The van der Waals surface area contributed by atoms with Crippen molar-refractivity contribution in [1.29, 1.82) is 0 Å². The van der Waals surface area contributed by atoms with Crippen molar-refractivity contribution in [2.24, 2.45) is 0 Å². The van der Waals surface area contributed by atoms with Crippen LogP contribution in [0.15, 0.2) is 24.3 Å². The smallest absolute Gasteiger partial charge is 0.305 e. The fraction of sp³-hybridized carbons (Fsp3) is 0.462. The minimum absolute atomic E-state index is 0.0962. The van der Waals surface area contributed by atoms with E-state index < -0.39 is 5.60 Å². The lowest BCUT2D eigenvalue weighted by Gasteiger charge is -2.23. The molecule has 0 aliphatic carbocycles. The van der Waals surface area contributed by atoms with Gasteiger partial charge < -0.3 is 14.9 Å². The summed E-state index contributed by atoms with van der Waals surface area (Å²) < 4.78 is 4.80. The maximum absolute atomic E-state index is 11.2. The van der Waals surface area contributed by atoms with E-state index in [9.17, 15) is 15.0 Å². The van der Waals surface area contributed by atoms with Crippen LogP contribution in [0.1, 0.15) is 32.3 Å². The zero-order valence-electron chi connectivity index (χ0n) is 10.1. The number of benzene rings is 1. The molecule has 0 aromatic heterocycles. The van der Waals surface area contributed by atoms with E-state index in [1.807, 2.05) is 0 Å². The van der Waals surface area contributed by atoms with Gasteiger partial charge >= 0.3 is 5.97 Å². The number of carbonyl (C=O) groups is 1. The highest BCUT2D eigenvalue weighted by atomic mass is 16.5. The van der Waals surface area contributed by atoms with Crippen LogP contribution >= 0.6 is 0 Å². The van der Waals surface area contributed by atoms with Gasteiger partial charge in [0.25, 0.3) is 0 Å². The lowest BCUT2D eigenvalue weighted by molar-refractivity contribution is -0.144. The van der Waals surface area contributed by atoms with Crippen LogP contribution in [-0.2, 0) is 15.1 Å². The molecule has 1 rings (SSSR count). The Labute approximate surface area is 101 Å². The zero-order valence-corrected chi connectivity index (χ0v) is 10.1. The highest BCUT2D eigenvalue weighted by Gasteiger charge is 2.24. The lowest BCUT2D eigenvalue weighted by Crippen LogP contribution is -2.22. The van der Waals surface area contributed by atoms with Gasteiger partial charge in [-0.05, 0) is 38.0 Å². The van der Waals surface area contributed by atoms with Crippen LogP contribution in [0.25, 0.3) is 0 Å². The first-order valence-corrected chi connectivity index (χ1v) is 5.63. The van der Waals surface area contributed by atoms with Crippen LogP contribution in [0.5, 0.6) is 5.75 Å². The maximum Gasteiger partial charge on any atom is 0.305 e. The third-order valence-electron chi connectivity index (χ3n) is 2.59. The monoisotopic (exact) mass is 238 g/mol. The zero-order chi connectivity index (χ0) is 12.9. The number of aliphatic hydroxyl groups is 1. The van der Waals surface area contributed by atoms with Gasteiger partial charge in [-0.2, -0.15) is 0 Å². The van der Waals surface area contributed by atoms with Crippen LogP contribution in [0.2, 0.25) is 0 Å². The molecule has 0 heterocycles. The van der Waals surface area contributed by atoms with E-state index in [-0.39, 0.29) is 24.6 Å². The fourth-order valence-corrected chi connectivity index (χ4v) is 1.56. The predicted molar refractivity (Wildman–Crippen MR) is 63.5 cm³/mol. The fourth-order valence-electron chi connectivity index (χ4n) is 1.56. The molecule has 0 aliphatic heterocycles. The van der Waals surface area contributed by atoms with Crippen LogP contribution in [-0.4, -0.2) is 22.8 Å². The molecule has 17 heavy (non-hydrogen) atoms. The number of carbonyl (C=O) groups excluding carboxylic acids is 1. The topological polar surface area (TPSA) is 66.8 Å². The van der Waals surface area contributed by atoms with Crippen molar-refractivity contribution in [2.45, 2.75) is 32.3 Å². The quantitative estimate of drug-likeness (QED) is 0.769. The first-order valence-electron chi connectivity index (χ1n) is 5.63. The second kappa shape index (κ2) is 5.68. The van der Waals surface area contributed by atoms with Gasteiger partial charge in [-0.3, -0.25) is 4.79 Å². The Morgan fingerprint density at radius 3 is 2.76 bits per heavy atom. The number of ether oxygens (including phenoxy) is 1. The Morgan fingerprint density at radius 1 is 1.47 bits per heavy atom. The minimum Gasteiger partial charge on any atom is -0.508 e. The normalized spacial score (nSPS) is 14.1. The summed E-state index contributed by atoms with van der Waals surface area (Å²) in [6, 6.07) is 6.39. The van der Waals surface area contributed by atoms with Crippen molar-refractivity contribution in [3.05, 3.63) is 29.8 Å². The first-order chi connectivity index (χ1) is 7.95. The van der Waals surface area contributed by atoms with Crippen molar-refractivity contribution in [1.82, 2.24) is 0 Å². The molecule has 4 heteroatoms. The van der Waals surface area contributed by atoms with Crippen LogP contribution < -0.4 is 0 Å². The van der Waals surface area contributed by atoms with E-state index in [0.29, 0.717) is 12.2 Å². The summed E-state index contributed by atoms with van der Waals surface area (Å²) in [5.74, 6) is -0.230. The summed E-state index contributed by atoms with van der Waals surface area (Å²) in [5.41, 5.74) is -0.562. The summed E-state index contributed by atoms with van der Waals surface area (Å²) in [7, 11) is 0. The molecule has 94 valence electrons. The standard InChI is InChI=1S/C13H18O4/c1-3-17-12(15)7-8-13(2,16)10-5-4-6-11(14)9-10/h4-6,9,14,16H,3,7-8H2,1-2H3. The predicted octanol–water partition coefficient (Wildman–Crippen LogP) is 1.94. The van der Waals surface area contributed by atoms with Crippen molar-refractivity contribution in [3.63, 3.8) is 0 Å². The van der Waals surface area contributed by atoms with Crippen LogP contribution in [0.3, 0.4) is 0 Å². The molecule has 0 saturated heterocycles. The SMILES string of the molecule is CCOC(=O)CCC(C)(O)c1cccc(O)c1. The molecule has 0 saturated carbocycles. The molecular weight excluding hydrogens is 220 g/mol. The number of esters is 1. The molecular formula is C13H18O4. The van der Waals surface area contributed by atoms with Crippen molar-refractivity contribution in [2.75, 3.05) is 6.61 Å². The van der Waals surface area contributed by atoms with Gasteiger partial charge in [-0.15, -0.1) is 0 Å². The van der Waals surface area contributed by atoms with Crippen molar-refractivity contribution < 1.29 is 19.7 Å². The third-order valence-corrected chi connectivity index (χ3v) is 2.59. The number of phenolic OH excluding ortho intramolecular Hbond substituents is 1. The van der Waals surface area contributed by atoms with E-state index in [4.69, 9.17) is 4.74 Å². The van der Waals surface area contributed by atoms with Crippen molar-refractivity contribution >= 4 is 5.97 Å². The van der Waals surface area contributed by atoms with E-state index in [1.54, 1.807) is 26.0 Å². The molecule has 2 N–H and O–H groups in total. The molecule has 0 amide bonds. The largest absolute Gasteiger partial charge is 0.508 e. The van der Waals surface area contributed by atoms with Crippen LogP contribution in [0.4, 0.5) is 0 Å². The van der Waals surface area contributed by atoms with Crippen molar-refractivity contribution in [3.8, 4) is 5.75 Å². The molecule has 1 unspecified atom stereocenters. The lowest BCUT2D eigenvalue weighted by atomic mass is 9.91. The van der Waals surface area contributed by atoms with E-state index in [1.165, 1.54) is 12.1 Å². The highest BCUT2D eigenvalue weighted by Crippen LogP contribution is 2.28. The Kier molecular flexibility index (Phi) is 4.52. The Balaban J connectivity index is 2.65. The summed E-state index contributed by atoms with van der Waals surface area (Å²) in [6.07, 6.45) is 0.409. The Bertz CT molecular complexity index is 385. The van der Waals surface area contributed by atoms with E-state index >= 15 is 0 Å². The second-order valence-electron chi connectivity index (χ2n) is 4.13.